The number of carbonyl (C=O) groups is 4. The predicted octanol–water partition coefficient (Wildman–Crippen LogP) is -0.228. The number of nitrogens with zero attached hydrogens (tertiary/aromatic N) is 2. The van der Waals surface area contributed by atoms with Crippen molar-refractivity contribution >= 4 is 241 Å². The van der Waals surface area contributed by atoms with Gasteiger partial charge >= 0.3 is 23.9 Å². The second-order valence-corrected chi connectivity index (χ2v) is 8.65. The molecule has 0 unspecified atom stereocenters. The van der Waals surface area contributed by atoms with Crippen molar-refractivity contribution < 1.29 is 49.1 Å². The summed E-state index contributed by atoms with van der Waals surface area (Å²) in [5.41, 5.74) is 7.82. The molecule has 6 N–H and O–H groups in total. The number of hydrogen-bond donors (Lipinski definition) is 5. The Labute approximate surface area is 420 Å². The maximum absolute atomic E-state index is 11.4. The van der Waals surface area contributed by atoms with Crippen molar-refractivity contribution in [2.24, 2.45) is 5.73 Å². The Kier molecular flexibility index (Phi) is 30.9. The van der Waals surface area contributed by atoms with Gasteiger partial charge in [-0.05, 0) is 61.7 Å². The van der Waals surface area contributed by atoms with E-state index in [9.17, 15) is 39.6 Å². The van der Waals surface area contributed by atoms with Crippen molar-refractivity contribution in [1.82, 2.24) is 0 Å². The van der Waals surface area contributed by atoms with E-state index < -0.39 is 50.1 Å². The minimum absolute atomic E-state index is 0. The molecule has 43 heavy (non-hydrogen) atoms. The number of carboxylic acids is 4. The van der Waals surface area contributed by atoms with Crippen LogP contribution < -0.4 is 25.0 Å². The number of aryl methyl sites for hydroxylation is 2. The molecule has 0 fully saturated rings. The van der Waals surface area contributed by atoms with Crippen LogP contribution in [0.25, 0.3) is 0 Å². The smallest absolute Gasteiger partial charge is 0.323 e. The molecular formula is C26H33K4N3O10. The van der Waals surface area contributed by atoms with Gasteiger partial charge in [0.2, 0.25) is 0 Å². The number of carboxylic acid groups (broad SMARTS) is 4. The summed E-state index contributed by atoms with van der Waals surface area (Å²) in [5, 5.41) is 37.0. The van der Waals surface area contributed by atoms with Gasteiger partial charge in [0, 0.05) is 206 Å². The van der Waals surface area contributed by atoms with Gasteiger partial charge in [-0.3, -0.25) is 19.2 Å². The van der Waals surface area contributed by atoms with Crippen molar-refractivity contribution in [3.8, 4) is 11.5 Å². The summed E-state index contributed by atoms with van der Waals surface area (Å²) >= 11 is 0. The first-order chi connectivity index (χ1) is 18.5. The van der Waals surface area contributed by atoms with Crippen LogP contribution in [0.1, 0.15) is 17.5 Å². The third-order valence-electron chi connectivity index (χ3n) is 5.39. The number of hydrogen-bond acceptors (Lipinski definition) is 9. The van der Waals surface area contributed by atoms with E-state index in [1.165, 1.54) is 4.90 Å². The van der Waals surface area contributed by atoms with Gasteiger partial charge in [-0.1, -0.05) is 12.1 Å². The SMILES string of the molecule is Cc1ccc(N(CC(=O)O)CC(=O)O)c(OCCOc2cc(CCCN)ccc2N(CC(=O)O)CC(=O)O)c1.[K].[K].[K].[K]. The van der Waals surface area contributed by atoms with Crippen molar-refractivity contribution in [2.45, 2.75) is 19.8 Å². The number of aliphatic carboxylic acids is 4. The number of benzene rings is 2. The second kappa shape index (κ2) is 26.9. The molecule has 0 aliphatic heterocycles. The number of anilines is 2. The molecule has 2 rings (SSSR count). The van der Waals surface area contributed by atoms with Crippen molar-refractivity contribution in [3.05, 3.63) is 47.5 Å². The van der Waals surface area contributed by atoms with Crippen LogP contribution in [0.2, 0.25) is 0 Å². The first-order valence-electron chi connectivity index (χ1n) is 12.1. The average Bonchev–Trinajstić information content (AvgIpc) is 2.83. The van der Waals surface area contributed by atoms with E-state index in [4.69, 9.17) is 15.2 Å². The van der Waals surface area contributed by atoms with Gasteiger partial charge in [-0.2, -0.15) is 0 Å². The summed E-state index contributed by atoms with van der Waals surface area (Å²) in [6.45, 7) is -0.0242. The molecule has 0 bridgehead atoms. The molecule has 0 aromatic heterocycles. The summed E-state index contributed by atoms with van der Waals surface area (Å²) in [7, 11) is 0. The zero-order valence-electron chi connectivity index (χ0n) is 25.5. The van der Waals surface area contributed by atoms with Crippen molar-refractivity contribution in [3.63, 3.8) is 0 Å². The fraction of sp³-hybridized carbons (Fsp3) is 0.385. The van der Waals surface area contributed by atoms with Crippen molar-refractivity contribution in [2.75, 3.05) is 55.7 Å². The monoisotopic (exact) mass is 703 g/mol. The van der Waals surface area contributed by atoms with Gasteiger partial charge < -0.3 is 45.4 Å². The minimum Gasteiger partial charge on any atom is -0.488 e. The van der Waals surface area contributed by atoms with Gasteiger partial charge in [0.15, 0.2) is 0 Å². The van der Waals surface area contributed by atoms with E-state index >= 15 is 0 Å². The molecule has 2 aromatic carbocycles. The molecule has 0 heterocycles. The van der Waals surface area contributed by atoms with Crippen LogP contribution in [0.3, 0.4) is 0 Å². The Balaban J connectivity index is -0.00000400. The maximum atomic E-state index is 11.4. The molecule has 13 nitrogen and oxygen atoms in total. The number of rotatable bonds is 18. The summed E-state index contributed by atoms with van der Waals surface area (Å²) in [6.07, 6.45) is 1.34. The van der Waals surface area contributed by atoms with Gasteiger partial charge in [-0.15, -0.1) is 0 Å². The fourth-order valence-corrected chi connectivity index (χ4v) is 3.80. The second-order valence-electron chi connectivity index (χ2n) is 8.65. The Morgan fingerprint density at radius 1 is 0.674 bits per heavy atom. The van der Waals surface area contributed by atoms with Gasteiger partial charge in [0.1, 0.15) is 50.9 Å². The molecule has 216 valence electrons. The van der Waals surface area contributed by atoms with E-state index in [0.29, 0.717) is 19.4 Å². The quantitative estimate of drug-likeness (QED) is 0.101. The normalized spacial score (nSPS) is 9.53. The molecule has 0 aliphatic carbocycles. The summed E-state index contributed by atoms with van der Waals surface area (Å²) in [4.78, 5) is 47.6. The standard InChI is InChI=1S/C26H33N3O10.4K/c1-17-4-6-19(28(13-23(30)31)14-24(32)33)21(11-17)38-9-10-39-22-12-18(3-2-8-27)5-7-20(22)29(15-25(34)35)16-26(36)37;;;;/h4-7,11-12H,2-3,8-10,13-16,27H2,1H3,(H,30,31)(H,32,33)(H,34,35)(H,36,37);;;;. The summed E-state index contributed by atoms with van der Waals surface area (Å²) < 4.78 is 11.7. The van der Waals surface area contributed by atoms with E-state index in [1.807, 2.05) is 0 Å². The van der Waals surface area contributed by atoms with E-state index in [0.717, 1.165) is 16.0 Å². The molecule has 4 radical (unpaired) electrons. The first kappa shape index (κ1) is 49.4. The molecule has 0 spiro atoms. The Hall–Kier alpha value is 2.03. The number of nitrogens with two attached hydrogens (primary N) is 1. The van der Waals surface area contributed by atoms with E-state index in [2.05, 4.69) is 0 Å². The zero-order valence-corrected chi connectivity index (χ0v) is 38.0. The Bertz CT molecular complexity index is 1160. The molecule has 0 aliphatic rings. The Morgan fingerprint density at radius 3 is 1.47 bits per heavy atom. The van der Waals surface area contributed by atoms with Crippen LogP contribution in [-0.2, 0) is 25.6 Å². The summed E-state index contributed by atoms with van der Waals surface area (Å²) in [5.74, 6) is -4.32. The number of ether oxygens (including phenoxy) is 2. The van der Waals surface area contributed by atoms with Crippen LogP contribution in [0.5, 0.6) is 11.5 Å². The van der Waals surface area contributed by atoms with Crippen LogP contribution in [0.4, 0.5) is 11.4 Å². The third kappa shape index (κ3) is 19.6. The summed E-state index contributed by atoms with van der Waals surface area (Å²) in [6, 6.07) is 9.97. The van der Waals surface area contributed by atoms with Crippen LogP contribution in [0, 0.1) is 6.92 Å². The molecular weight excluding hydrogens is 671 g/mol. The fourth-order valence-electron chi connectivity index (χ4n) is 3.80. The van der Waals surface area contributed by atoms with Crippen molar-refractivity contribution in [1.29, 1.82) is 0 Å². The molecule has 0 saturated heterocycles. The minimum atomic E-state index is -1.21. The van der Waals surface area contributed by atoms with Gasteiger partial charge in [0.05, 0.1) is 11.4 Å². The van der Waals surface area contributed by atoms with E-state index in [1.54, 1.807) is 43.3 Å². The third-order valence-corrected chi connectivity index (χ3v) is 5.39. The molecule has 0 saturated carbocycles. The van der Waals surface area contributed by atoms with Crippen LogP contribution in [-0.4, -0.2) is 296 Å². The molecule has 0 amide bonds. The topological polar surface area (TPSA) is 200 Å². The molecule has 0 atom stereocenters. The van der Waals surface area contributed by atoms with E-state index in [-0.39, 0.29) is 242 Å². The van der Waals surface area contributed by atoms with Gasteiger partial charge in [-0.25, -0.2) is 0 Å². The Morgan fingerprint density at radius 2 is 1.07 bits per heavy atom. The van der Waals surface area contributed by atoms with Crippen LogP contribution in [0.15, 0.2) is 36.4 Å². The molecule has 17 heteroatoms. The predicted molar refractivity (Wildman–Crippen MR) is 164 cm³/mol. The first-order valence-corrected chi connectivity index (χ1v) is 12.1. The average molecular weight is 704 g/mol. The largest absolute Gasteiger partial charge is 0.488 e. The molecule has 2 aromatic rings. The maximum Gasteiger partial charge on any atom is 0.323 e. The van der Waals surface area contributed by atoms with Gasteiger partial charge in [0.25, 0.3) is 0 Å². The zero-order chi connectivity index (χ0) is 28.9. The van der Waals surface area contributed by atoms with Crippen LogP contribution >= 0.6 is 0 Å².